The fourth-order valence-electron chi connectivity index (χ4n) is 5.68. The molecule has 2 aromatic heterocycles. The van der Waals surface area contributed by atoms with Gasteiger partial charge in [-0.15, -0.1) is 0 Å². The molecule has 1 unspecified atom stereocenters. The molecule has 0 amide bonds. The van der Waals surface area contributed by atoms with Gasteiger partial charge in [-0.1, -0.05) is 29.4 Å². The summed E-state index contributed by atoms with van der Waals surface area (Å²) >= 11 is 0. The molecule has 1 aliphatic carbocycles. The Balaban J connectivity index is 1.16. The molecule has 35 heavy (non-hydrogen) atoms. The van der Waals surface area contributed by atoms with Crippen LogP contribution in [0, 0.1) is 6.92 Å². The van der Waals surface area contributed by atoms with Crippen molar-refractivity contribution in [1.82, 2.24) is 15.1 Å². The Kier molecular flexibility index (Phi) is 5.76. The highest BCUT2D eigenvalue weighted by molar-refractivity contribution is 5.86. The zero-order valence-electron chi connectivity index (χ0n) is 20.1. The molecule has 1 saturated carbocycles. The molecule has 0 radical (unpaired) electrons. The van der Waals surface area contributed by atoms with Crippen molar-refractivity contribution in [2.24, 2.45) is 0 Å². The number of carbonyl (C=O) groups is 1. The summed E-state index contributed by atoms with van der Waals surface area (Å²) in [6.45, 7) is 2.64. The van der Waals surface area contributed by atoms with E-state index in [-0.39, 0.29) is 11.8 Å². The zero-order chi connectivity index (χ0) is 23.9. The number of esters is 1. The number of hydrogen-bond acceptors (Lipinski definition) is 8. The number of ether oxygens (including phenoxy) is 2. The van der Waals surface area contributed by atoms with Crippen LogP contribution in [0.5, 0.6) is 0 Å². The van der Waals surface area contributed by atoms with Crippen molar-refractivity contribution in [3.05, 3.63) is 59.2 Å². The number of anilines is 1. The summed E-state index contributed by atoms with van der Waals surface area (Å²) in [5.41, 5.74) is 4.57. The van der Waals surface area contributed by atoms with Crippen LogP contribution < -0.4 is 4.90 Å². The summed E-state index contributed by atoms with van der Waals surface area (Å²) in [5, 5.41) is 4.48. The third kappa shape index (κ3) is 4.20. The average molecular weight is 475 g/mol. The molecule has 8 nitrogen and oxygen atoms in total. The maximum Gasteiger partial charge on any atom is 0.358 e. The smallest absolute Gasteiger partial charge is 0.358 e. The van der Waals surface area contributed by atoms with Crippen LogP contribution in [0.3, 0.4) is 0 Å². The molecule has 6 rings (SSSR count). The van der Waals surface area contributed by atoms with Crippen molar-refractivity contribution in [1.29, 1.82) is 0 Å². The normalized spacial score (nSPS) is 23.5. The Labute approximate surface area is 204 Å². The van der Waals surface area contributed by atoms with Crippen LogP contribution in [0.15, 0.2) is 41.2 Å². The number of benzene rings is 1. The topological polar surface area (TPSA) is 90.6 Å². The minimum atomic E-state index is -0.469. The largest absolute Gasteiger partial charge is 0.464 e. The lowest BCUT2D eigenvalue weighted by Gasteiger charge is -2.39. The molecule has 2 bridgehead atoms. The number of carbonyl (C=O) groups excluding carboxylic acids is 1. The van der Waals surface area contributed by atoms with Gasteiger partial charge in [-0.2, -0.15) is 0 Å². The number of rotatable bonds is 7. The Bertz CT molecular complexity index is 1210. The Morgan fingerprint density at radius 2 is 1.86 bits per heavy atom. The van der Waals surface area contributed by atoms with Gasteiger partial charge in [0.25, 0.3) is 0 Å². The van der Waals surface area contributed by atoms with Gasteiger partial charge in [0.15, 0.2) is 5.69 Å². The lowest BCUT2D eigenvalue weighted by Crippen LogP contribution is -2.46. The Morgan fingerprint density at radius 3 is 2.51 bits per heavy atom. The van der Waals surface area contributed by atoms with Gasteiger partial charge in [-0.25, -0.2) is 14.8 Å². The SMILES string of the molecule is COC(=O)c1cnc(N2C3CC[C@H]2C[C@H](OCc2c(-c4ccccc4C)noc2C2CC2)C3)cn1. The van der Waals surface area contributed by atoms with E-state index in [1.54, 1.807) is 6.20 Å². The molecule has 3 aliphatic rings. The van der Waals surface area contributed by atoms with E-state index in [2.05, 4.69) is 39.1 Å². The first-order chi connectivity index (χ1) is 17.1. The van der Waals surface area contributed by atoms with Gasteiger partial charge < -0.3 is 18.9 Å². The van der Waals surface area contributed by atoms with Crippen LogP contribution in [0.1, 0.15) is 71.8 Å². The van der Waals surface area contributed by atoms with E-state index in [0.717, 1.165) is 66.9 Å². The summed E-state index contributed by atoms with van der Waals surface area (Å²) in [5.74, 6) is 1.83. The molecule has 3 atom stereocenters. The number of nitrogens with zero attached hydrogens (tertiary/aromatic N) is 4. The standard InChI is InChI=1S/C27H30N4O4/c1-16-5-3-4-6-21(16)25-22(26(35-30-25)17-7-8-17)15-34-20-11-18-9-10-19(12-20)31(18)24-14-28-23(13-29-24)27(32)33-2/h3-6,13-14,17-20H,7-12,15H2,1-2H3/t18-,19?,20-/m0/s1. The average Bonchev–Trinajstić information content (AvgIpc) is 3.59. The van der Waals surface area contributed by atoms with Crippen molar-refractivity contribution in [3.8, 4) is 11.3 Å². The second-order valence-corrected chi connectivity index (χ2v) is 9.91. The van der Waals surface area contributed by atoms with Crippen LogP contribution in [0.4, 0.5) is 5.82 Å². The highest BCUT2D eigenvalue weighted by Gasteiger charge is 2.42. The number of hydrogen-bond donors (Lipinski definition) is 0. The predicted molar refractivity (Wildman–Crippen MR) is 129 cm³/mol. The molecule has 2 aliphatic heterocycles. The first kappa shape index (κ1) is 22.2. The second-order valence-electron chi connectivity index (χ2n) is 9.91. The summed E-state index contributed by atoms with van der Waals surface area (Å²) < 4.78 is 17.1. The predicted octanol–water partition coefficient (Wildman–Crippen LogP) is 4.82. The van der Waals surface area contributed by atoms with Crippen molar-refractivity contribution in [2.45, 2.75) is 76.2 Å². The fraction of sp³-hybridized carbons (Fsp3) is 0.481. The van der Waals surface area contributed by atoms with Gasteiger partial charge in [0, 0.05) is 29.1 Å². The molecule has 3 fully saturated rings. The molecular formula is C27H30N4O4. The number of methoxy groups -OCH3 is 1. The van der Waals surface area contributed by atoms with Crippen molar-refractivity contribution < 1.29 is 18.8 Å². The summed E-state index contributed by atoms with van der Waals surface area (Å²) in [7, 11) is 1.35. The second kappa shape index (κ2) is 9.07. The molecule has 1 aromatic carbocycles. The van der Waals surface area contributed by atoms with Gasteiger partial charge in [0.1, 0.15) is 17.3 Å². The first-order valence-electron chi connectivity index (χ1n) is 12.5. The third-order valence-corrected chi connectivity index (χ3v) is 7.62. The zero-order valence-corrected chi connectivity index (χ0v) is 20.1. The molecular weight excluding hydrogens is 444 g/mol. The maximum atomic E-state index is 11.7. The minimum Gasteiger partial charge on any atom is -0.464 e. The van der Waals surface area contributed by atoms with E-state index in [9.17, 15) is 4.79 Å². The van der Waals surface area contributed by atoms with E-state index in [1.807, 2.05) is 12.1 Å². The summed E-state index contributed by atoms with van der Waals surface area (Å²) in [4.78, 5) is 22.8. The summed E-state index contributed by atoms with van der Waals surface area (Å²) in [6.07, 6.45) is 9.80. The molecule has 4 heterocycles. The molecule has 0 spiro atoms. The van der Waals surface area contributed by atoms with Crippen molar-refractivity contribution in [3.63, 3.8) is 0 Å². The highest BCUT2D eigenvalue weighted by atomic mass is 16.5. The van der Waals surface area contributed by atoms with Crippen LogP contribution in [-0.4, -0.2) is 46.4 Å². The lowest BCUT2D eigenvalue weighted by atomic mass is 9.98. The van der Waals surface area contributed by atoms with Crippen LogP contribution in [0.25, 0.3) is 11.3 Å². The van der Waals surface area contributed by atoms with Crippen molar-refractivity contribution in [2.75, 3.05) is 12.0 Å². The van der Waals surface area contributed by atoms with Crippen LogP contribution >= 0.6 is 0 Å². The Hall–Kier alpha value is -3.26. The molecule has 0 N–H and O–H groups in total. The maximum absolute atomic E-state index is 11.7. The van der Waals surface area contributed by atoms with E-state index in [1.165, 1.54) is 18.9 Å². The summed E-state index contributed by atoms with van der Waals surface area (Å²) in [6, 6.07) is 9.04. The minimum absolute atomic E-state index is 0.178. The van der Waals surface area contributed by atoms with Gasteiger partial charge in [0.2, 0.25) is 0 Å². The molecule has 2 saturated heterocycles. The fourth-order valence-corrected chi connectivity index (χ4v) is 5.68. The third-order valence-electron chi connectivity index (χ3n) is 7.62. The Morgan fingerprint density at radius 1 is 1.09 bits per heavy atom. The van der Waals surface area contributed by atoms with E-state index in [0.29, 0.717) is 24.6 Å². The number of fused-ring (bicyclic) bond motifs is 2. The van der Waals surface area contributed by atoms with Gasteiger partial charge in [-0.05, 0) is 51.0 Å². The monoisotopic (exact) mass is 474 g/mol. The van der Waals surface area contributed by atoms with Crippen LogP contribution in [-0.2, 0) is 16.1 Å². The van der Waals surface area contributed by atoms with Crippen LogP contribution in [0.2, 0.25) is 0 Å². The van der Waals surface area contributed by atoms with E-state index in [4.69, 9.17) is 14.0 Å². The van der Waals surface area contributed by atoms with Gasteiger partial charge >= 0.3 is 5.97 Å². The molecule has 8 heteroatoms. The highest BCUT2D eigenvalue weighted by Crippen LogP contribution is 2.45. The number of aromatic nitrogens is 3. The lowest BCUT2D eigenvalue weighted by molar-refractivity contribution is 0.0146. The van der Waals surface area contributed by atoms with E-state index >= 15 is 0 Å². The first-order valence-corrected chi connectivity index (χ1v) is 12.5. The number of piperidine rings is 1. The van der Waals surface area contributed by atoms with Gasteiger partial charge in [0.05, 0.1) is 32.2 Å². The number of aryl methyl sites for hydroxylation is 1. The molecule has 182 valence electrons. The van der Waals surface area contributed by atoms with E-state index < -0.39 is 5.97 Å². The quantitative estimate of drug-likeness (QED) is 0.450. The molecule has 3 aromatic rings. The van der Waals surface area contributed by atoms with Gasteiger partial charge in [-0.3, -0.25) is 0 Å². The van der Waals surface area contributed by atoms with Crippen molar-refractivity contribution >= 4 is 11.8 Å².